The maximum absolute atomic E-state index is 11.4. The topological polar surface area (TPSA) is 64.3 Å². The lowest BCUT2D eigenvalue weighted by atomic mass is 10.2. The molecule has 5 heteroatoms. The predicted octanol–water partition coefficient (Wildman–Crippen LogP) is 1.22. The van der Waals surface area contributed by atoms with Crippen LogP contribution in [0.2, 0.25) is 0 Å². The van der Waals surface area contributed by atoms with Gasteiger partial charge in [0.2, 0.25) is 0 Å². The number of carbonyl (C=O) groups excluding carboxylic acids is 1. The SMILES string of the molecule is CC(C)NC(=O)COc1cccc(C(N)=S)c1. The average Bonchev–Trinajstić information content (AvgIpc) is 2.26. The van der Waals surface area contributed by atoms with Crippen molar-refractivity contribution in [3.8, 4) is 5.75 Å². The Balaban J connectivity index is 2.54. The third-order valence-electron chi connectivity index (χ3n) is 1.94. The van der Waals surface area contributed by atoms with Crippen molar-refractivity contribution in [1.29, 1.82) is 0 Å². The second-order valence-electron chi connectivity index (χ2n) is 3.90. The van der Waals surface area contributed by atoms with Crippen LogP contribution in [0.5, 0.6) is 5.75 Å². The zero-order valence-electron chi connectivity index (χ0n) is 9.90. The van der Waals surface area contributed by atoms with Crippen molar-refractivity contribution in [2.24, 2.45) is 5.73 Å². The molecular weight excluding hydrogens is 236 g/mol. The van der Waals surface area contributed by atoms with E-state index in [9.17, 15) is 4.79 Å². The molecule has 1 aromatic carbocycles. The van der Waals surface area contributed by atoms with Crippen molar-refractivity contribution >= 4 is 23.1 Å². The van der Waals surface area contributed by atoms with Crippen LogP contribution in [0.15, 0.2) is 24.3 Å². The van der Waals surface area contributed by atoms with Crippen LogP contribution < -0.4 is 15.8 Å². The molecule has 92 valence electrons. The normalized spacial score (nSPS) is 10.1. The molecule has 1 aromatic rings. The van der Waals surface area contributed by atoms with Gasteiger partial charge < -0.3 is 15.8 Å². The van der Waals surface area contributed by atoms with Gasteiger partial charge in [0.1, 0.15) is 10.7 Å². The van der Waals surface area contributed by atoms with Gasteiger partial charge in [0.25, 0.3) is 5.91 Å². The van der Waals surface area contributed by atoms with E-state index in [1.54, 1.807) is 24.3 Å². The molecule has 0 aromatic heterocycles. The second-order valence-corrected chi connectivity index (χ2v) is 4.34. The predicted molar refractivity (Wildman–Crippen MR) is 71.1 cm³/mol. The summed E-state index contributed by atoms with van der Waals surface area (Å²) in [5.74, 6) is 0.426. The minimum absolute atomic E-state index is 0.0149. The molecule has 0 aliphatic heterocycles. The summed E-state index contributed by atoms with van der Waals surface area (Å²) in [7, 11) is 0. The lowest BCUT2D eigenvalue weighted by molar-refractivity contribution is -0.123. The Morgan fingerprint density at radius 3 is 2.82 bits per heavy atom. The van der Waals surface area contributed by atoms with Crippen molar-refractivity contribution < 1.29 is 9.53 Å². The Morgan fingerprint density at radius 2 is 2.24 bits per heavy atom. The first-order chi connectivity index (χ1) is 7.99. The van der Waals surface area contributed by atoms with Gasteiger partial charge in [-0.15, -0.1) is 0 Å². The van der Waals surface area contributed by atoms with Crippen molar-refractivity contribution in [2.75, 3.05) is 6.61 Å². The van der Waals surface area contributed by atoms with Crippen LogP contribution in [-0.2, 0) is 4.79 Å². The van der Waals surface area contributed by atoms with Crippen LogP contribution in [0, 0.1) is 0 Å². The van der Waals surface area contributed by atoms with E-state index in [1.165, 1.54) is 0 Å². The number of thiocarbonyl (C=S) groups is 1. The number of benzene rings is 1. The van der Waals surface area contributed by atoms with Gasteiger partial charge in [0, 0.05) is 11.6 Å². The molecule has 0 aliphatic rings. The number of hydrogen-bond acceptors (Lipinski definition) is 3. The first-order valence-corrected chi connectivity index (χ1v) is 5.72. The Labute approximate surface area is 106 Å². The molecule has 17 heavy (non-hydrogen) atoms. The quantitative estimate of drug-likeness (QED) is 0.774. The van der Waals surface area contributed by atoms with E-state index in [-0.39, 0.29) is 18.6 Å². The molecule has 0 atom stereocenters. The molecule has 0 aliphatic carbocycles. The van der Waals surface area contributed by atoms with Gasteiger partial charge in [-0.25, -0.2) is 0 Å². The Bertz CT molecular complexity index is 419. The van der Waals surface area contributed by atoms with Crippen LogP contribution >= 0.6 is 12.2 Å². The fraction of sp³-hybridized carbons (Fsp3) is 0.333. The number of amides is 1. The molecule has 0 radical (unpaired) electrons. The van der Waals surface area contributed by atoms with E-state index in [1.807, 2.05) is 13.8 Å². The number of hydrogen-bond donors (Lipinski definition) is 2. The number of carbonyl (C=O) groups is 1. The van der Waals surface area contributed by atoms with Gasteiger partial charge >= 0.3 is 0 Å². The van der Waals surface area contributed by atoms with Gasteiger partial charge in [0.05, 0.1) is 0 Å². The van der Waals surface area contributed by atoms with Gasteiger partial charge in [-0.2, -0.15) is 0 Å². The summed E-state index contributed by atoms with van der Waals surface area (Å²) < 4.78 is 5.33. The van der Waals surface area contributed by atoms with E-state index in [4.69, 9.17) is 22.7 Å². The van der Waals surface area contributed by atoms with Crippen LogP contribution in [0.3, 0.4) is 0 Å². The number of nitrogens with one attached hydrogen (secondary N) is 1. The number of nitrogens with two attached hydrogens (primary N) is 1. The second kappa shape index (κ2) is 6.20. The monoisotopic (exact) mass is 252 g/mol. The minimum Gasteiger partial charge on any atom is -0.484 e. The van der Waals surface area contributed by atoms with E-state index in [0.29, 0.717) is 10.7 Å². The summed E-state index contributed by atoms with van der Waals surface area (Å²) in [6.07, 6.45) is 0. The van der Waals surface area contributed by atoms with Crippen LogP contribution in [0.25, 0.3) is 0 Å². The fourth-order valence-electron chi connectivity index (χ4n) is 1.25. The lowest BCUT2D eigenvalue weighted by Crippen LogP contribution is -2.34. The molecule has 0 saturated heterocycles. The van der Waals surface area contributed by atoms with Crippen LogP contribution in [-0.4, -0.2) is 23.5 Å². The summed E-state index contributed by atoms with van der Waals surface area (Å²) >= 11 is 4.86. The molecule has 0 heterocycles. The van der Waals surface area contributed by atoms with Gasteiger partial charge in [-0.1, -0.05) is 24.4 Å². The Hall–Kier alpha value is -1.62. The summed E-state index contributed by atoms with van der Waals surface area (Å²) in [6.45, 7) is 3.77. The summed E-state index contributed by atoms with van der Waals surface area (Å²) in [5, 5.41) is 2.74. The molecule has 1 amide bonds. The fourth-order valence-corrected chi connectivity index (χ4v) is 1.38. The molecule has 4 nitrogen and oxygen atoms in total. The molecule has 0 saturated carbocycles. The van der Waals surface area contributed by atoms with Crippen molar-refractivity contribution in [3.05, 3.63) is 29.8 Å². The molecule has 0 bridgehead atoms. The number of ether oxygens (including phenoxy) is 1. The molecule has 3 N–H and O–H groups in total. The highest BCUT2D eigenvalue weighted by Crippen LogP contribution is 2.12. The first kappa shape index (κ1) is 13.4. The smallest absolute Gasteiger partial charge is 0.258 e. The zero-order chi connectivity index (χ0) is 12.8. The minimum atomic E-state index is -0.152. The van der Waals surface area contributed by atoms with Crippen molar-refractivity contribution in [2.45, 2.75) is 19.9 Å². The van der Waals surface area contributed by atoms with E-state index in [2.05, 4.69) is 5.32 Å². The third kappa shape index (κ3) is 4.82. The molecule has 0 unspecified atom stereocenters. The molecule has 1 rings (SSSR count). The summed E-state index contributed by atoms with van der Waals surface area (Å²) in [6, 6.07) is 7.15. The maximum Gasteiger partial charge on any atom is 0.258 e. The van der Waals surface area contributed by atoms with E-state index in [0.717, 1.165) is 5.56 Å². The van der Waals surface area contributed by atoms with Crippen molar-refractivity contribution in [3.63, 3.8) is 0 Å². The highest BCUT2D eigenvalue weighted by Gasteiger charge is 2.05. The highest BCUT2D eigenvalue weighted by molar-refractivity contribution is 7.80. The molecular formula is C12H16N2O2S. The van der Waals surface area contributed by atoms with Gasteiger partial charge in [0.15, 0.2) is 6.61 Å². The van der Waals surface area contributed by atoms with Gasteiger partial charge in [-0.3, -0.25) is 4.79 Å². The standard InChI is InChI=1S/C12H16N2O2S/c1-8(2)14-11(15)7-16-10-5-3-4-9(6-10)12(13)17/h3-6,8H,7H2,1-2H3,(H2,13,17)(H,14,15). The highest BCUT2D eigenvalue weighted by atomic mass is 32.1. The maximum atomic E-state index is 11.4. The van der Waals surface area contributed by atoms with E-state index >= 15 is 0 Å². The molecule has 0 fully saturated rings. The van der Waals surface area contributed by atoms with E-state index < -0.39 is 0 Å². The average molecular weight is 252 g/mol. The summed E-state index contributed by atoms with van der Waals surface area (Å²) in [5.41, 5.74) is 6.22. The molecule has 0 spiro atoms. The number of rotatable bonds is 5. The first-order valence-electron chi connectivity index (χ1n) is 5.31. The third-order valence-corrected chi connectivity index (χ3v) is 2.17. The van der Waals surface area contributed by atoms with Gasteiger partial charge in [-0.05, 0) is 26.0 Å². The van der Waals surface area contributed by atoms with Crippen LogP contribution in [0.4, 0.5) is 0 Å². The zero-order valence-corrected chi connectivity index (χ0v) is 10.7. The summed E-state index contributed by atoms with van der Waals surface area (Å²) in [4.78, 5) is 11.7. The van der Waals surface area contributed by atoms with Crippen molar-refractivity contribution in [1.82, 2.24) is 5.32 Å². The Kier molecular flexibility index (Phi) is 4.90. The largest absolute Gasteiger partial charge is 0.484 e. The van der Waals surface area contributed by atoms with Crippen LogP contribution in [0.1, 0.15) is 19.4 Å². The lowest BCUT2D eigenvalue weighted by Gasteiger charge is -2.10. The Morgan fingerprint density at radius 1 is 1.53 bits per heavy atom.